The van der Waals surface area contributed by atoms with Gasteiger partial charge in [0.15, 0.2) is 5.69 Å². The van der Waals surface area contributed by atoms with Gasteiger partial charge in [-0.15, -0.1) is 0 Å². The fourth-order valence-corrected chi connectivity index (χ4v) is 3.44. The molecule has 3 rings (SSSR count). The first-order chi connectivity index (χ1) is 12.4. The van der Waals surface area contributed by atoms with Crippen LogP contribution < -0.4 is 4.74 Å². The SMILES string of the molecule is CN(CCOc1ccccc1C(C)(C)C)C(=O)c1n[nH]c2c1CCCC2. The molecule has 26 heavy (non-hydrogen) atoms. The van der Waals surface area contributed by atoms with Gasteiger partial charge in [-0.2, -0.15) is 5.10 Å². The summed E-state index contributed by atoms with van der Waals surface area (Å²) in [6.45, 7) is 7.50. The van der Waals surface area contributed by atoms with Gasteiger partial charge < -0.3 is 9.64 Å². The Morgan fingerprint density at radius 3 is 2.73 bits per heavy atom. The number of aromatic nitrogens is 2. The normalized spacial score (nSPS) is 14.0. The Hall–Kier alpha value is -2.30. The molecule has 0 aliphatic heterocycles. The van der Waals surface area contributed by atoms with E-state index in [0.29, 0.717) is 18.8 Å². The molecule has 0 unspecified atom stereocenters. The highest BCUT2D eigenvalue weighted by Gasteiger charge is 2.24. The highest BCUT2D eigenvalue weighted by Crippen LogP contribution is 2.31. The third-order valence-electron chi connectivity index (χ3n) is 4.98. The van der Waals surface area contributed by atoms with Crippen LogP contribution in [-0.4, -0.2) is 41.2 Å². The number of nitrogens with one attached hydrogen (secondary N) is 1. The average Bonchev–Trinajstić information content (AvgIpc) is 3.04. The second kappa shape index (κ2) is 7.52. The van der Waals surface area contributed by atoms with Gasteiger partial charge >= 0.3 is 0 Å². The number of para-hydroxylation sites is 1. The van der Waals surface area contributed by atoms with Crippen molar-refractivity contribution in [3.05, 3.63) is 46.8 Å². The summed E-state index contributed by atoms with van der Waals surface area (Å²) in [6.07, 6.45) is 4.23. The second-order valence-electron chi connectivity index (χ2n) is 8.06. The van der Waals surface area contributed by atoms with E-state index in [4.69, 9.17) is 4.74 Å². The molecule has 0 bridgehead atoms. The van der Waals surface area contributed by atoms with Crippen LogP contribution in [0.2, 0.25) is 0 Å². The molecule has 1 heterocycles. The number of fused-ring (bicyclic) bond motifs is 1. The Morgan fingerprint density at radius 2 is 1.96 bits per heavy atom. The minimum Gasteiger partial charge on any atom is -0.491 e. The highest BCUT2D eigenvalue weighted by molar-refractivity contribution is 5.93. The Balaban J connectivity index is 1.61. The third-order valence-corrected chi connectivity index (χ3v) is 4.98. The number of hydrogen-bond donors (Lipinski definition) is 1. The summed E-state index contributed by atoms with van der Waals surface area (Å²) in [5.74, 6) is 0.857. The summed E-state index contributed by atoms with van der Waals surface area (Å²) in [6, 6.07) is 8.10. The monoisotopic (exact) mass is 355 g/mol. The van der Waals surface area contributed by atoms with E-state index in [1.807, 2.05) is 25.2 Å². The zero-order valence-electron chi connectivity index (χ0n) is 16.3. The Morgan fingerprint density at radius 1 is 1.23 bits per heavy atom. The molecular formula is C21H29N3O2. The Bertz CT molecular complexity index is 774. The number of aromatic amines is 1. The first-order valence-corrected chi connectivity index (χ1v) is 9.42. The van der Waals surface area contributed by atoms with Gasteiger partial charge in [-0.05, 0) is 42.7 Å². The van der Waals surface area contributed by atoms with Crippen LogP contribution in [0.15, 0.2) is 24.3 Å². The molecule has 1 amide bonds. The van der Waals surface area contributed by atoms with Crippen LogP contribution in [0.25, 0.3) is 0 Å². The van der Waals surface area contributed by atoms with Gasteiger partial charge in [-0.1, -0.05) is 39.0 Å². The van der Waals surface area contributed by atoms with Crippen LogP contribution in [-0.2, 0) is 18.3 Å². The smallest absolute Gasteiger partial charge is 0.274 e. The quantitative estimate of drug-likeness (QED) is 0.889. The Kier molecular flexibility index (Phi) is 5.35. The van der Waals surface area contributed by atoms with Crippen molar-refractivity contribution in [2.24, 2.45) is 0 Å². The summed E-state index contributed by atoms with van der Waals surface area (Å²) >= 11 is 0. The van der Waals surface area contributed by atoms with Crippen molar-refractivity contribution in [1.29, 1.82) is 0 Å². The van der Waals surface area contributed by atoms with E-state index in [-0.39, 0.29) is 11.3 Å². The highest BCUT2D eigenvalue weighted by atomic mass is 16.5. The molecule has 5 nitrogen and oxygen atoms in total. The number of aryl methyl sites for hydroxylation is 1. The lowest BCUT2D eigenvalue weighted by Crippen LogP contribution is -2.32. The van der Waals surface area contributed by atoms with Gasteiger partial charge in [0.2, 0.25) is 0 Å². The van der Waals surface area contributed by atoms with Gasteiger partial charge in [-0.3, -0.25) is 9.89 Å². The van der Waals surface area contributed by atoms with E-state index in [9.17, 15) is 4.79 Å². The molecule has 1 aliphatic rings. The molecule has 140 valence electrons. The lowest BCUT2D eigenvalue weighted by atomic mass is 9.86. The number of nitrogens with zero attached hydrogens (tertiary/aromatic N) is 2. The van der Waals surface area contributed by atoms with Crippen LogP contribution in [0, 0.1) is 0 Å². The third kappa shape index (κ3) is 3.92. The summed E-state index contributed by atoms with van der Waals surface area (Å²) in [5.41, 5.74) is 4.01. The fraction of sp³-hybridized carbons (Fsp3) is 0.524. The lowest BCUT2D eigenvalue weighted by Gasteiger charge is -2.23. The zero-order chi connectivity index (χ0) is 18.7. The predicted octanol–water partition coefficient (Wildman–Crippen LogP) is 3.74. The van der Waals surface area contributed by atoms with Crippen molar-refractivity contribution in [3.63, 3.8) is 0 Å². The molecule has 1 aromatic carbocycles. The number of carbonyl (C=O) groups is 1. The van der Waals surface area contributed by atoms with Crippen LogP contribution in [0.1, 0.15) is 60.9 Å². The van der Waals surface area contributed by atoms with Crippen LogP contribution in [0.3, 0.4) is 0 Å². The van der Waals surface area contributed by atoms with Gasteiger partial charge in [0.25, 0.3) is 5.91 Å². The molecule has 5 heteroatoms. The van der Waals surface area contributed by atoms with Crippen molar-refractivity contribution in [3.8, 4) is 5.75 Å². The first-order valence-electron chi connectivity index (χ1n) is 9.42. The number of carbonyl (C=O) groups excluding carboxylic acids is 1. The van der Waals surface area contributed by atoms with Crippen molar-refractivity contribution >= 4 is 5.91 Å². The molecule has 0 radical (unpaired) electrons. The van der Waals surface area contributed by atoms with Gasteiger partial charge in [0, 0.05) is 18.3 Å². The summed E-state index contributed by atoms with van der Waals surface area (Å²) in [5, 5.41) is 7.31. The molecule has 0 spiro atoms. The fourth-order valence-electron chi connectivity index (χ4n) is 3.44. The molecule has 0 fully saturated rings. The summed E-state index contributed by atoms with van der Waals surface area (Å²) in [7, 11) is 1.81. The summed E-state index contributed by atoms with van der Waals surface area (Å²) in [4.78, 5) is 14.4. The van der Waals surface area contributed by atoms with Crippen molar-refractivity contribution in [2.45, 2.75) is 51.9 Å². The van der Waals surface area contributed by atoms with E-state index in [0.717, 1.165) is 36.3 Å². The van der Waals surface area contributed by atoms with E-state index < -0.39 is 0 Å². The Labute approximate surface area is 155 Å². The molecule has 0 saturated carbocycles. The number of hydrogen-bond acceptors (Lipinski definition) is 3. The maximum Gasteiger partial charge on any atom is 0.274 e. The van der Waals surface area contributed by atoms with Crippen LogP contribution >= 0.6 is 0 Å². The number of ether oxygens (including phenoxy) is 1. The average molecular weight is 355 g/mol. The molecule has 1 aromatic heterocycles. The molecular weight excluding hydrogens is 326 g/mol. The van der Waals surface area contributed by atoms with E-state index in [1.54, 1.807) is 4.90 Å². The standard InChI is InChI=1S/C21H29N3O2/c1-21(2,3)16-10-6-8-12-18(16)26-14-13-24(4)20(25)19-15-9-5-7-11-17(15)22-23-19/h6,8,10,12H,5,7,9,11,13-14H2,1-4H3,(H,22,23). The van der Waals surface area contributed by atoms with E-state index in [2.05, 4.69) is 37.0 Å². The maximum absolute atomic E-state index is 12.7. The molecule has 1 N–H and O–H groups in total. The van der Waals surface area contributed by atoms with Crippen molar-refractivity contribution in [1.82, 2.24) is 15.1 Å². The second-order valence-corrected chi connectivity index (χ2v) is 8.06. The molecule has 1 aliphatic carbocycles. The predicted molar refractivity (Wildman–Crippen MR) is 103 cm³/mol. The minimum atomic E-state index is -0.0305. The first kappa shape index (κ1) is 18.5. The lowest BCUT2D eigenvalue weighted by molar-refractivity contribution is 0.0766. The van der Waals surface area contributed by atoms with E-state index in [1.165, 1.54) is 12.0 Å². The maximum atomic E-state index is 12.7. The topological polar surface area (TPSA) is 58.2 Å². The van der Waals surface area contributed by atoms with E-state index >= 15 is 0 Å². The largest absolute Gasteiger partial charge is 0.491 e. The van der Waals surface area contributed by atoms with Gasteiger partial charge in [-0.25, -0.2) is 0 Å². The minimum absolute atomic E-state index is 0.0203. The van der Waals surface area contributed by atoms with Crippen molar-refractivity contribution in [2.75, 3.05) is 20.2 Å². The molecule has 2 aromatic rings. The van der Waals surface area contributed by atoms with Crippen molar-refractivity contribution < 1.29 is 9.53 Å². The number of rotatable bonds is 5. The van der Waals surface area contributed by atoms with Crippen LogP contribution in [0.4, 0.5) is 0 Å². The molecule has 0 atom stereocenters. The number of amides is 1. The zero-order valence-corrected chi connectivity index (χ0v) is 16.3. The number of H-pyrrole nitrogens is 1. The number of likely N-dealkylation sites (N-methyl/N-ethyl adjacent to an activating group) is 1. The van der Waals surface area contributed by atoms with Gasteiger partial charge in [0.1, 0.15) is 12.4 Å². The summed E-state index contributed by atoms with van der Waals surface area (Å²) < 4.78 is 5.99. The van der Waals surface area contributed by atoms with Crippen LogP contribution in [0.5, 0.6) is 5.75 Å². The number of benzene rings is 1. The molecule has 0 saturated heterocycles. The van der Waals surface area contributed by atoms with Gasteiger partial charge in [0.05, 0.1) is 6.54 Å².